The van der Waals surface area contributed by atoms with Gasteiger partial charge in [-0.1, -0.05) is 50.6 Å². The Morgan fingerprint density at radius 2 is 1.66 bits per heavy atom. The maximum Gasteiger partial charge on any atom is 0.309 e. The van der Waals surface area contributed by atoms with Gasteiger partial charge in [0.15, 0.2) is 12.4 Å². The third-order valence-electron chi connectivity index (χ3n) is 7.60. The van der Waals surface area contributed by atoms with E-state index in [2.05, 4.69) is 26.1 Å². The fraction of sp³-hybridized carbons (Fsp3) is 0.552. The van der Waals surface area contributed by atoms with Gasteiger partial charge in [-0.15, -0.1) is 11.3 Å². The van der Waals surface area contributed by atoms with Crippen molar-refractivity contribution in [1.29, 1.82) is 0 Å². The number of fused-ring (bicyclic) bond motifs is 1. The van der Waals surface area contributed by atoms with Gasteiger partial charge in [-0.2, -0.15) is 0 Å². The Kier molecular flexibility index (Phi) is 7.80. The quantitative estimate of drug-likeness (QED) is 0.367. The molecule has 2 aliphatic carbocycles. The number of hydrogen-bond acceptors (Lipinski definition) is 5. The monoisotopic (exact) mass is 495 g/mol. The maximum absolute atomic E-state index is 13.4. The maximum atomic E-state index is 13.4. The highest BCUT2D eigenvalue weighted by Crippen LogP contribution is 2.41. The SMILES string of the molecule is Cc1ccc(C(=O)c2c(NC(=O)COC(=O)C3CCC(C(C)(C)C)CC3)sc3c2CCCC3)cc1. The van der Waals surface area contributed by atoms with Gasteiger partial charge < -0.3 is 10.1 Å². The first-order valence-corrected chi connectivity index (χ1v) is 13.7. The number of carbonyl (C=O) groups is 3. The molecule has 0 unspecified atom stereocenters. The molecule has 188 valence electrons. The van der Waals surface area contributed by atoms with Crippen LogP contribution in [0.2, 0.25) is 0 Å². The summed E-state index contributed by atoms with van der Waals surface area (Å²) in [7, 11) is 0. The average Bonchev–Trinajstić information content (AvgIpc) is 3.19. The van der Waals surface area contributed by atoms with Crippen LogP contribution in [-0.2, 0) is 27.2 Å². The van der Waals surface area contributed by atoms with Crippen molar-refractivity contribution in [3.8, 4) is 0 Å². The lowest BCUT2D eigenvalue weighted by Gasteiger charge is -2.36. The second-order valence-electron chi connectivity index (χ2n) is 11.2. The average molecular weight is 496 g/mol. The minimum Gasteiger partial charge on any atom is -0.455 e. The summed E-state index contributed by atoms with van der Waals surface area (Å²) in [6, 6.07) is 7.54. The molecule has 1 N–H and O–H groups in total. The number of anilines is 1. The second kappa shape index (κ2) is 10.7. The predicted octanol–water partition coefficient (Wildman–Crippen LogP) is 6.50. The molecule has 2 aromatic rings. The molecule has 1 aromatic carbocycles. The zero-order valence-corrected chi connectivity index (χ0v) is 22.2. The summed E-state index contributed by atoms with van der Waals surface area (Å²) in [5.41, 5.74) is 3.64. The van der Waals surface area contributed by atoms with Crippen LogP contribution in [0.5, 0.6) is 0 Å². The summed E-state index contributed by atoms with van der Waals surface area (Å²) in [5.74, 6) is -0.252. The molecule has 1 saturated carbocycles. The van der Waals surface area contributed by atoms with Crippen LogP contribution in [0.15, 0.2) is 24.3 Å². The number of benzene rings is 1. The molecule has 0 aliphatic heterocycles. The molecule has 1 aromatic heterocycles. The summed E-state index contributed by atoms with van der Waals surface area (Å²) in [6.07, 6.45) is 7.57. The van der Waals surface area contributed by atoms with Gasteiger partial charge in [0.05, 0.1) is 11.5 Å². The van der Waals surface area contributed by atoms with E-state index >= 15 is 0 Å². The molecule has 0 radical (unpaired) electrons. The predicted molar refractivity (Wildman–Crippen MR) is 140 cm³/mol. The molecule has 0 bridgehead atoms. The Labute approximate surface area is 212 Å². The summed E-state index contributed by atoms with van der Waals surface area (Å²) in [5, 5.41) is 3.47. The van der Waals surface area contributed by atoms with Gasteiger partial charge >= 0.3 is 5.97 Å². The van der Waals surface area contributed by atoms with E-state index in [-0.39, 0.29) is 29.7 Å². The number of hydrogen-bond donors (Lipinski definition) is 1. The number of aryl methyl sites for hydroxylation is 2. The van der Waals surface area contributed by atoms with E-state index in [1.54, 1.807) is 0 Å². The Balaban J connectivity index is 1.40. The van der Waals surface area contributed by atoms with E-state index in [1.807, 2.05) is 31.2 Å². The third kappa shape index (κ3) is 6.03. The van der Waals surface area contributed by atoms with E-state index in [4.69, 9.17) is 4.74 Å². The molecule has 4 rings (SSSR count). The molecule has 2 aliphatic rings. The van der Waals surface area contributed by atoms with Gasteiger partial charge in [0.1, 0.15) is 5.00 Å². The van der Waals surface area contributed by atoms with Gasteiger partial charge in [-0.3, -0.25) is 14.4 Å². The zero-order chi connectivity index (χ0) is 25.2. The molecule has 1 amide bonds. The summed E-state index contributed by atoms with van der Waals surface area (Å²) >= 11 is 1.49. The van der Waals surface area contributed by atoms with Crippen molar-refractivity contribution < 1.29 is 19.1 Å². The van der Waals surface area contributed by atoms with Crippen LogP contribution in [-0.4, -0.2) is 24.3 Å². The van der Waals surface area contributed by atoms with Crippen molar-refractivity contribution in [2.45, 2.75) is 79.1 Å². The topological polar surface area (TPSA) is 72.5 Å². The van der Waals surface area contributed by atoms with Crippen LogP contribution in [0.3, 0.4) is 0 Å². The first-order chi connectivity index (χ1) is 16.6. The van der Waals surface area contributed by atoms with E-state index in [0.29, 0.717) is 22.0 Å². The number of esters is 1. The first-order valence-electron chi connectivity index (χ1n) is 12.9. The Morgan fingerprint density at radius 3 is 2.31 bits per heavy atom. The number of ketones is 1. The van der Waals surface area contributed by atoms with Crippen molar-refractivity contribution in [2.75, 3.05) is 11.9 Å². The highest BCUT2D eigenvalue weighted by atomic mass is 32.1. The van der Waals surface area contributed by atoms with Crippen LogP contribution in [0.1, 0.15) is 91.2 Å². The fourth-order valence-electron chi connectivity index (χ4n) is 5.36. The summed E-state index contributed by atoms with van der Waals surface area (Å²) in [6.45, 7) is 8.42. The Hall–Kier alpha value is -2.47. The Bertz CT molecular complexity index is 1090. The molecular weight excluding hydrogens is 458 g/mol. The van der Waals surface area contributed by atoms with Gasteiger partial charge in [0.2, 0.25) is 0 Å². The van der Waals surface area contributed by atoms with Crippen LogP contribution in [0.25, 0.3) is 0 Å². The van der Waals surface area contributed by atoms with Crippen LogP contribution in [0.4, 0.5) is 5.00 Å². The number of nitrogens with one attached hydrogen (secondary N) is 1. The molecule has 1 fully saturated rings. The normalized spacial score (nSPS) is 20.1. The number of rotatable bonds is 6. The summed E-state index contributed by atoms with van der Waals surface area (Å²) < 4.78 is 5.41. The molecule has 5 nitrogen and oxygen atoms in total. The van der Waals surface area contributed by atoms with Gasteiger partial charge in [0.25, 0.3) is 5.91 Å². The number of amides is 1. The van der Waals surface area contributed by atoms with E-state index in [9.17, 15) is 14.4 Å². The van der Waals surface area contributed by atoms with Crippen molar-refractivity contribution >= 4 is 34.0 Å². The van der Waals surface area contributed by atoms with Crippen molar-refractivity contribution in [2.24, 2.45) is 17.3 Å². The smallest absolute Gasteiger partial charge is 0.309 e. The third-order valence-corrected chi connectivity index (χ3v) is 8.80. The Morgan fingerprint density at radius 1 is 1.00 bits per heavy atom. The fourth-order valence-corrected chi connectivity index (χ4v) is 6.66. The second-order valence-corrected chi connectivity index (χ2v) is 12.3. The van der Waals surface area contributed by atoms with E-state index in [0.717, 1.165) is 62.5 Å². The minimum absolute atomic E-state index is 0.0627. The lowest BCUT2D eigenvalue weighted by molar-refractivity contribution is -0.153. The zero-order valence-electron chi connectivity index (χ0n) is 21.4. The number of thiophene rings is 1. The highest BCUT2D eigenvalue weighted by Gasteiger charge is 2.33. The van der Waals surface area contributed by atoms with Gasteiger partial charge in [-0.05, 0) is 75.2 Å². The van der Waals surface area contributed by atoms with E-state index in [1.165, 1.54) is 16.2 Å². The number of ether oxygens (including phenoxy) is 1. The van der Waals surface area contributed by atoms with Crippen molar-refractivity contribution in [1.82, 2.24) is 0 Å². The molecule has 0 saturated heterocycles. The minimum atomic E-state index is -0.390. The highest BCUT2D eigenvalue weighted by molar-refractivity contribution is 7.17. The lowest BCUT2D eigenvalue weighted by Crippen LogP contribution is -2.31. The summed E-state index contributed by atoms with van der Waals surface area (Å²) in [4.78, 5) is 40.0. The van der Waals surface area contributed by atoms with Crippen LogP contribution < -0.4 is 5.32 Å². The molecule has 35 heavy (non-hydrogen) atoms. The standard InChI is InChI=1S/C29H37NO4S/c1-18-9-11-19(12-10-18)26(32)25-22-7-5-6-8-23(22)35-27(25)30-24(31)17-34-28(33)20-13-15-21(16-14-20)29(2,3)4/h9-12,20-21H,5-8,13-17H2,1-4H3,(H,30,31). The number of carbonyl (C=O) groups excluding carboxylic acids is 3. The van der Waals surface area contributed by atoms with Crippen molar-refractivity contribution in [3.63, 3.8) is 0 Å². The van der Waals surface area contributed by atoms with Crippen LogP contribution >= 0.6 is 11.3 Å². The molecule has 1 heterocycles. The van der Waals surface area contributed by atoms with Gasteiger partial charge in [-0.25, -0.2) is 0 Å². The molecule has 6 heteroatoms. The van der Waals surface area contributed by atoms with E-state index < -0.39 is 5.91 Å². The van der Waals surface area contributed by atoms with Crippen LogP contribution in [0, 0.1) is 24.2 Å². The molecule has 0 atom stereocenters. The largest absolute Gasteiger partial charge is 0.455 e. The van der Waals surface area contributed by atoms with Gasteiger partial charge in [0, 0.05) is 10.4 Å². The van der Waals surface area contributed by atoms with Crippen molar-refractivity contribution in [3.05, 3.63) is 51.4 Å². The molecule has 0 spiro atoms. The molecular formula is C29H37NO4S. The lowest BCUT2D eigenvalue weighted by atomic mass is 9.70. The first kappa shape index (κ1) is 25.6.